The first-order chi connectivity index (χ1) is 14.1. The van der Waals surface area contributed by atoms with Crippen LogP contribution in [0.25, 0.3) is 0 Å². The minimum atomic E-state index is -0.00672. The quantitative estimate of drug-likeness (QED) is 0.378. The Hall–Kier alpha value is -2.89. The van der Waals surface area contributed by atoms with E-state index in [2.05, 4.69) is 32.8 Å². The number of allylic oxidation sites excluding steroid dienone is 4. The van der Waals surface area contributed by atoms with E-state index in [0.29, 0.717) is 18.6 Å². The molecule has 1 aliphatic rings. The molecule has 1 aliphatic carbocycles. The number of aromatic nitrogens is 4. The van der Waals surface area contributed by atoms with E-state index in [0.717, 1.165) is 49.1 Å². The summed E-state index contributed by atoms with van der Waals surface area (Å²) in [6.07, 6.45) is 13.2. The molecule has 29 heavy (non-hydrogen) atoms. The summed E-state index contributed by atoms with van der Waals surface area (Å²) in [6, 6.07) is 8.02. The Morgan fingerprint density at radius 3 is 3.00 bits per heavy atom. The van der Waals surface area contributed by atoms with Gasteiger partial charge in [0.15, 0.2) is 5.78 Å². The molecule has 1 aromatic carbocycles. The summed E-state index contributed by atoms with van der Waals surface area (Å²) < 4.78 is 0. The van der Waals surface area contributed by atoms with Crippen LogP contribution in [0.5, 0.6) is 0 Å². The van der Waals surface area contributed by atoms with E-state index < -0.39 is 0 Å². The van der Waals surface area contributed by atoms with E-state index in [4.69, 9.17) is 0 Å². The smallest absolute Gasteiger partial charge is 0.159 e. The zero-order chi connectivity index (χ0) is 20.5. The molecule has 1 saturated carbocycles. The molecule has 6 heteroatoms. The van der Waals surface area contributed by atoms with Crippen LogP contribution in [0, 0.1) is 18.8 Å². The Bertz CT molecular complexity index is 871. The molecule has 0 aliphatic heterocycles. The number of hydrogen-bond acceptors (Lipinski definition) is 5. The predicted octanol–water partition coefficient (Wildman–Crippen LogP) is 3.74. The highest BCUT2D eigenvalue weighted by atomic mass is 16.1. The van der Waals surface area contributed by atoms with E-state index in [1.54, 1.807) is 6.08 Å². The fourth-order valence-corrected chi connectivity index (χ4v) is 3.82. The number of benzene rings is 1. The second-order valence-electron chi connectivity index (χ2n) is 7.71. The van der Waals surface area contributed by atoms with Gasteiger partial charge < -0.3 is 0 Å². The van der Waals surface area contributed by atoms with Gasteiger partial charge in [-0.2, -0.15) is 0 Å². The van der Waals surface area contributed by atoms with Crippen molar-refractivity contribution in [3.63, 3.8) is 0 Å². The highest BCUT2D eigenvalue weighted by molar-refractivity contribution is 5.91. The van der Waals surface area contributed by atoms with Crippen LogP contribution in [-0.2, 0) is 22.4 Å². The first-order valence-corrected chi connectivity index (χ1v) is 10.3. The van der Waals surface area contributed by atoms with Gasteiger partial charge in [0, 0.05) is 25.2 Å². The van der Waals surface area contributed by atoms with E-state index >= 15 is 0 Å². The van der Waals surface area contributed by atoms with Crippen LogP contribution >= 0.6 is 0 Å². The number of rotatable bonds is 10. The largest absolute Gasteiger partial charge is 0.299 e. The van der Waals surface area contributed by atoms with Crippen LogP contribution in [0.15, 0.2) is 48.6 Å². The van der Waals surface area contributed by atoms with Crippen molar-refractivity contribution in [3.05, 3.63) is 65.5 Å². The first-order valence-electron chi connectivity index (χ1n) is 10.3. The maximum atomic E-state index is 12.3. The van der Waals surface area contributed by atoms with Crippen molar-refractivity contribution in [2.75, 3.05) is 0 Å². The van der Waals surface area contributed by atoms with Crippen molar-refractivity contribution in [1.82, 2.24) is 20.6 Å². The summed E-state index contributed by atoms with van der Waals surface area (Å²) in [5, 5.41) is 13.7. The number of carbonyl (C=O) groups is 2. The third kappa shape index (κ3) is 6.59. The lowest BCUT2D eigenvalue weighted by Gasteiger charge is -2.12. The Kier molecular flexibility index (Phi) is 7.61. The number of Topliss-reactive ketones (excluding diaryl/α,β-unsaturated/α-hetero) is 1. The average molecular weight is 393 g/mol. The Balaban J connectivity index is 1.44. The molecule has 1 fully saturated rings. The van der Waals surface area contributed by atoms with Crippen LogP contribution in [0.4, 0.5) is 0 Å². The topological polar surface area (TPSA) is 88.6 Å². The third-order valence-corrected chi connectivity index (χ3v) is 5.37. The molecule has 1 heterocycles. The highest BCUT2D eigenvalue weighted by Crippen LogP contribution is 2.32. The van der Waals surface area contributed by atoms with Crippen LogP contribution in [0.2, 0.25) is 0 Å². The summed E-state index contributed by atoms with van der Waals surface area (Å²) in [5.74, 6) is 1.35. The van der Waals surface area contributed by atoms with Crippen LogP contribution < -0.4 is 0 Å². The molecule has 152 valence electrons. The summed E-state index contributed by atoms with van der Waals surface area (Å²) in [4.78, 5) is 24.6. The molecular formula is C23H28N4O2. The van der Waals surface area contributed by atoms with E-state index in [1.807, 2.05) is 37.3 Å². The number of H-pyrrole nitrogens is 1. The number of aromatic amines is 1. The standard InChI is InChI=1S/C23H28N4O2/c1-17-7-6-8-18(15-17)16-20(28)13-11-19-12-14-22(29)21(19)9-4-2-3-5-10-23-24-26-27-25-23/h2,4,6-8,11,13,15,19,21H,3,5,9-10,12,14,16H2,1H3,(H,24,25,26,27)/b4-2-,13-11?. The van der Waals surface area contributed by atoms with Gasteiger partial charge >= 0.3 is 0 Å². The zero-order valence-electron chi connectivity index (χ0n) is 16.9. The SMILES string of the molecule is Cc1cccc(CC(=O)C=CC2CCC(=O)C2C/C=C\CCCc2nnn[nH]2)c1. The molecule has 2 atom stereocenters. The minimum absolute atomic E-state index is 0.00672. The van der Waals surface area contributed by atoms with Gasteiger partial charge in [0.25, 0.3) is 0 Å². The predicted molar refractivity (Wildman–Crippen MR) is 111 cm³/mol. The number of ketones is 2. The normalized spacial score (nSPS) is 19.6. The van der Waals surface area contributed by atoms with Gasteiger partial charge in [-0.05, 0) is 60.6 Å². The third-order valence-electron chi connectivity index (χ3n) is 5.37. The Morgan fingerprint density at radius 1 is 1.31 bits per heavy atom. The van der Waals surface area contributed by atoms with Gasteiger partial charge in [0.1, 0.15) is 11.6 Å². The summed E-state index contributed by atoms with van der Waals surface area (Å²) >= 11 is 0. The van der Waals surface area contributed by atoms with Gasteiger partial charge in [-0.1, -0.05) is 48.1 Å². The maximum absolute atomic E-state index is 12.3. The van der Waals surface area contributed by atoms with Crippen LogP contribution in [0.1, 0.15) is 49.1 Å². The van der Waals surface area contributed by atoms with Crippen LogP contribution in [0.3, 0.4) is 0 Å². The average Bonchev–Trinajstić information content (AvgIpc) is 3.33. The molecule has 0 spiro atoms. The van der Waals surface area contributed by atoms with Gasteiger partial charge in [0.2, 0.25) is 0 Å². The van der Waals surface area contributed by atoms with Gasteiger partial charge in [-0.3, -0.25) is 9.59 Å². The molecule has 3 rings (SSSR count). The number of tetrazole rings is 1. The van der Waals surface area contributed by atoms with Crippen molar-refractivity contribution in [1.29, 1.82) is 0 Å². The number of nitrogens with zero attached hydrogens (tertiary/aromatic N) is 3. The van der Waals surface area contributed by atoms with Crippen molar-refractivity contribution in [2.45, 2.75) is 51.9 Å². The molecule has 1 aromatic heterocycles. The van der Waals surface area contributed by atoms with Gasteiger partial charge in [0.05, 0.1) is 0 Å². The van der Waals surface area contributed by atoms with Crippen molar-refractivity contribution in [2.24, 2.45) is 11.8 Å². The van der Waals surface area contributed by atoms with Crippen molar-refractivity contribution < 1.29 is 9.59 Å². The lowest BCUT2D eigenvalue weighted by Crippen LogP contribution is -2.12. The monoisotopic (exact) mass is 392 g/mol. The second kappa shape index (κ2) is 10.6. The number of aryl methyl sites for hydroxylation is 2. The first kappa shape index (κ1) is 20.8. The minimum Gasteiger partial charge on any atom is -0.299 e. The molecule has 6 nitrogen and oxygen atoms in total. The molecular weight excluding hydrogens is 364 g/mol. The second-order valence-corrected chi connectivity index (χ2v) is 7.71. The molecule has 0 bridgehead atoms. The molecule has 0 radical (unpaired) electrons. The number of nitrogens with one attached hydrogen (secondary N) is 1. The van der Waals surface area contributed by atoms with Crippen LogP contribution in [-0.4, -0.2) is 32.2 Å². The fraction of sp³-hybridized carbons (Fsp3) is 0.435. The zero-order valence-corrected chi connectivity index (χ0v) is 16.9. The lowest BCUT2D eigenvalue weighted by atomic mass is 9.91. The molecule has 2 aromatic rings. The summed E-state index contributed by atoms with van der Waals surface area (Å²) in [6.45, 7) is 2.03. The molecule has 0 amide bonds. The van der Waals surface area contributed by atoms with E-state index in [-0.39, 0.29) is 17.6 Å². The maximum Gasteiger partial charge on any atom is 0.159 e. The van der Waals surface area contributed by atoms with Crippen molar-refractivity contribution >= 4 is 11.6 Å². The van der Waals surface area contributed by atoms with Crippen molar-refractivity contribution in [3.8, 4) is 0 Å². The molecule has 2 unspecified atom stereocenters. The summed E-state index contributed by atoms with van der Waals surface area (Å²) in [5.41, 5.74) is 2.19. The van der Waals surface area contributed by atoms with E-state index in [1.165, 1.54) is 0 Å². The lowest BCUT2D eigenvalue weighted by molar-refractivity contribution is -0.121. The Labute approximate surface area is 171 Å². The molecule has 1 N–H and O–H groups in total. The van der Waals surface area contributed by atoms with Gasteiger partial charge in [-0.15, -0.1) is 5.10 Å². The van der Waals surface area contributed by atoms with E-state index in [9.17, 15) is 9.59 Å². The fourth-order valence-electron chi connectivity index (χ4n) is 3.82. The summed E-state index contributed by atoms with van der Waals surface area (Å²) in [7, 11) is 0. The molecule has 0 saturated heterocycles. The number of unbranched alkanes of at least 4 members (excludes halogenated alkanes) is 1. The number of hydrogen-bond donors (Lipinski definition) is 1. The number of carbonyl (C=O) groups excluding carboxylic acids is 2. The van der Waals surface area contributed by atoms with Gasteiger partial charge in [-0.25, -0.2) is 5.10 Å². The Morgan fingerprint density at radius 2 is 2.21 bits per heavy atom. The highest BCUT2D eigenvalue weighted by Gasteiger charge is 2.31.